The normalized spacial score (nSPS) is 13.9. The van der Waals surface area contributed by atoms with Gasteiger partial charge in [0.2, 0.25) is 5.91 Å². The van der Waals surface area contributed by atoms with Crippen LogP contribution in [0.1, 0.15) is 19.8 Å². The maximum Gasteiger partial charge on any atom is 0.389 e. The van der Waals surface area contributed by atoms with Gasteiger partial charge in [-0.2, -0.15) is 13.2 Å². The fraction of sp³-hybridized carbons (Fsp3) is 0.857. The van der Waals surface area contributed by atoms with E-state index in [-0.39, 0.29) is 6.54 Å². The van der Waals surface area contributed by atoms with Gasteiger partial charge in [-0.3, -0.25) is 4.79 Å². The van der Waals surface area contributed by atoms with Crippen molar-refractivity contribution in [3.05, 3.63) is 0 Å². The Balaban J connectivity index is 3.53. The Morgan fingerprint density at radius 2 is 2.08 bits per heavy atom. The highest BCUT2D eigenvalue weighted by Crippen LogP contribution is 2.20. The molecule has 0 unspecified atom stereocenters. The second-order valence-electron chi connectivity index (χ2n) is 2.77. The molecule has 0 spiro atoms. The summed E-state index contributed by atoms with van der Waals surface area (Å²) in [5.74, 6) is -0.696. The fourth-order valence-corrected chi connectivity index (χ4v) is 0.605. The molecule has 0 bridgehead atoms. The summed E-state index contributed by atoms with van der Waals surface area (Å²) >= 11 is 0. The first-order chi connectivity index (χ1) is 5.81. The van der Waals surface area contributed by atoms with Crippen LogP contribution in [0, 0.1) is 0 Å². The van der Waals surface area contributed by atoms with E-state index in [0.717, 1.165) is 0 Å². The number of halogens is 3. The number of carbonyl (C=O) groups is 1. The molecule has 78 valence electrons. The van der Waals surface area contributed by atoms with Crippen LogP contribution in [0.3, 0.4) is 0 Å². The first kappa shape index (κ1) is 12.2. The standard InChI is InChI=1S/C7H12F3NO2/c1-5(12)4-11-6(13)2-3-7(8,9)10/h5,12H,2-4H2,1H3,(H,11,13)/t5-/m1/s1. The van der Waals surface area contributed by atoms with Crippen LogP contribution in [0.4, 0.5) is 13.2 Å². The van der Waals surface area contributed by atoms with Gasteiger partial charge in [0.15, 0.2) is 0 Å². The van der Waals surface area contributed by atoms with Gasteiger partial charge < -0.3 is 10.4 Å². The molecule has 0 aliphatic heterocycles. The number of aliphatic hydroxyl groups is 1. The molecule has 6 heteroatoms. The smallest absolute Gasteiger partial charge is 0.389 e. The molecular weight excluding hydrogens is 187 g/mol. The second kappa shape index (κ2) is 5.06. The van der Waals surface area contributed by atoms with Crippen LogP contribution in [0.5, 0.6) is 0 Å². The minimum absolute atomic E-state index is 0.0172. The SMILES string of the molecule is C[C@@H](O)CNC(=O)CCC(F)(F)F. The summed E-state index contributed by atoms with van der Waals surface area (Å²) in [6, 6.07) is 0. The van der Waals surface area contributed by atoms with Crippen LogP contribution in [0.15, 0.2) is 0 Å². The van der Waals surface area contributed by atoms with Gasteiger partial charge in [0.1, 0.15) is 0 Å². The van der Waals surface area contributed by atoms with Gasteiger partial charge in [-0.05, 0) is 6.92 Å². The summed E-state index contributed by atoms with van der Waals surface area (Å²) in [5, 5.41) is 10.9. The first-order valence-corrected chi connectivity index (χ1v) is 3.83. The number of aliphatic hydroxyl groups excluding tert-OH is 1. The quantitative estimate of drug-likeness (QED) is 0.704. The Kier molecular flexibility index (Phi) is 4.76. The maximum absolute atomic E-state index is 11.6. The number of alkyl halides is 3. The van der Waals surface area contributed by atoms with Gasteiger partial charge in [-0.1, -0.05) is 0 Å². The lowest BCUT2D eigenvalue weighted by atomic mass is 10.3. The molecule has 1 amide bonds. The molecule has 0 aromatic heterocycles. The van der Waals surface area contributed by atoms with E-state index in [1.54, 1.807) is 0 Å². The van der Waals surface area contributed by atoms with Crippen molar-refractivity contribution in [2.45, 2.75) is 32.0 Å². The highest BCUT2D eigenvalue weighted by molar-refractivity contribution is 5.75. The third kappa shape index (κ3) is 9.13. The van der Waals surface area contributed by atoms with Crippen molar-refractivity contribution in [3.63, 3.8) is 0 Å². The molecule has 0 radical (unpaired) electrons. The zero-order valence-corrected chi connectivity index (χ0v) is 7.19. The van der Waals surface area contributed by atoms with Crippen LogP contribution in [0.2, 0.25) is 0 Å². The molecule has 0 aromatic rings. The van der Waals surface area contributed by atoms with Crippen LogP contribution < -0.4 is 5.32 Å². The molecule has 1 atom stereocenters. The summed E-state index contributed by atoms with van der Waals surface area (Å²) in [6.45, 7) is 1.42. The Morgan fingerprint density at radius 3 is 2.46 bits per heavy atom. The monoisotopic (exact) mass is 199 g/mol. The van der Waals surface area contributed by atoms with Gasteiger partial charge >= 0.3 is 6.18 Å². The molecule has 13 heavy (non-hydrogen) atoms. The van der Waals surface area contributed by atoms with E-state index in [1.165, 1.54) is 6.92 Å². The summed E-state index contributed by atoms with van der Waals surface area (Å²) < 4.78 is 34.8. The molecule has 0 fully saturated rings. The summed E-state index contributed by atoms with van der Waals surface area (Å²) in [4.78, 5) is 10.7. The Morgan fingerprint density at radius 1 is 1.54 bits per heavy atom. The van der Waals surface area contributed by atoms with E-state index in [0.29, 0.717) is 0 Å². The third-order valence-corrected chi connectivity index (χ3v) is 1.23. The lowest BCUT2D eigenvalue weighted by molar-refractivity contribution is -0.144. The largest absolute Gasteiger partial charge is 0.392 e. The predicted molar refractivity (Wildman–Crippen MR) is 40.0 cm³/mol. The molecule has 3 nitrogen and oxygen atoms in total. The van der Waals surface area contributed by atoms with Crippen molar-refractivity contribution in [1.82, 2.24) is 5.32 Å². The average Bonchev–Trinajstić information content (AvgIpc) is 1.95. The van der Waals surface area contributed by atoms with E-state index in [1.807, 2.05) is 0 Å². The highest BCUT2D eigenvalue weighted by Gasteiger charge is 2.27. The summed E-state index contributed by atoms with van der Waals surface area (Å²) in [6.07, 6.45) is -6.76. The molecular formula is C7H12F3NO2. The average molecular weight is 199 g/mol. The number of rotatable bonds is 4. The van der Waals surface area contributed by atoms with Crippen molar-refractivity contribution < 1.29 is 23.1 Å². The summed E-state index contributed by atoms with van der Waals surface area (Å²) in [7, 11) is 0. The maximum atomic E-state index is 11.6. The lowest BCUT2D eigenvalue weighted by Crippen LogP contribution is -2.31. The minimum atomic E-state index is -4.30. The van der Waals surface area contributed by atoms with Gasteiger partial charge in [0, 0.05) is 13.0 Å². The lowest BCUT2D eigenvalue weighted by Gasteiger charge is -2.08. The molecule has 0 aromatic carbocycles. The zero-order valence-electron chi connectivity index (χ0n) is 7.19. The molecule has 0 saturated heterocycles. The van der Waals surface area contributed by atoms with Crippen molar-refractivity contribution in [3.8, 4) is 0 Å². The van der Waals surface area contributed by atoms with E-state index in [2.05, 4.69) is 5.32 Å². The van der Waals surface area contributed by atoms with Gasteiger partial charge in [0.05, 0.1) is 12.5 Å². The minimum Gasteiger partial charge on any atom is -0.392 e. The molecule has 0 heterocycles. The van der Waals surface area contributed by atoms with Crippen LogP contribution in [-0.4, -0.2) is 29.8 Å². The van der Waals surface area contributed by atoms with E-state index >= 15 is 0 Å². The Hall–Kier alpha value is -0.780. The van der Waals surface area contributed by atoms with Crippen LogP contribution in [0.25, 0.3) is 0 Å². The predicted octanol–water partition coefficient (Wildman–Crippen LogP) is 0.826. The van der Waals surface area contributed by atoms with E-state index < -0.39 is 31.0 Å². The van der Waals surface area contributed by atoms with Crippen LogP contribution >= 0.6 is 0 Å². The number of nitrogens with one attached hydrogen (secondary N) is 1. The molecule has 0 rings (SSSR count). The van der Waals surface area contributed by atoms with Crippen LogP contribution in [-0.2, 0) is 4.79 Å². The Labute approximate surface area is 73.9 Å². The van der Waals surface area contributed by atoms with Crippen molar-refractivity contribution in [2.75, 3.05) is 6.54 Å². The number of amides is 1. The third-order valence-electron chi connectivity index (χ3n) is 1.23. The first-order valence-electron chi connectivity index (χ1n) is 3.83. The van der Waals surface area contributed by atoms with Gasteiger partial charge in [0.25, 0.3) is 0 Å². The van der Waals surface area contributed by atoms with Gasteiger partial charge in [-0.15, -0.1) is 0 Å². The zero-order chi connectivity index (χ0) is 10.5. The van der Waals surface area contributed by atoms with Crippen molar-refractivity contribution in [2.24, 2.45) is 0 Å². The van der Waals surface area contributed by atoms with E-state index in [9.17, 15) is 18.0 Å². The molecule has 0 saturated carbocycles. The number of hydrogen-bond donors (Lipinski definition) is 2. The Bertz CT molecular complexity index is 168. The number of hydrogen-bond acceptors (Lipinski definition) is 2. The van der Waals surface area contributed by atoms with Crippen molar-refractivity contribution >= 4 is 5.91 Å². The fourth-order valence-electron chi connectivity index (χ4n) is 0.605. The van der Waals surface area contributed by atoms with E-state index in [4.69, 9.17) is 5.11 Å². The second-order valence-corrected chi connectivity index (χ2v) is 2.77. The van der Waals surface area contributed by atoms with Crippen molar-refractivity contribution in [1.29, 1.82) is 0 Å². The molecule has 0 aliphatic rings. The molecule has 2 N–H and O–H groups in total. The van der Waals surface area contributed by atoms with Gasteiger partial charge in [-0.25, -0.2) is 0 Å². The number of carbonyl (C=O) groups excluding carboxylic acids is 1. The molecule has 0 aliphatic carbocycles. The topological polar surface area (TPSA) is 49.3 Å². The summed E-state index contributed by atoms with van der Waals surface area (Å²) in [5.41, 5.74) is 0. The highest BCUT2D eigenvalue weighted by atomic mass is 19.4.